The van der Waals surface area contributed by atoms with Crippen LogP contribution in [0.5, 0.6) is 0 Å². The summed E-state index contributed by atoms with van der Waals surface area (Å²) < 4.78 is 9.65. The molecule has 0 aliphatic carbocycles. The van der Waals surface area contributed by atoms with Crippen LogP contribution in [0.25, 0.3) is 0 Å². The van der Waals surface area contributed by atoms with Crippen molar-refractivity contribution in [2.45, 2.75) is 39.2 Å². The minimum absolute atomic E-state index is 0.233. The molecular formula is C11H18O4. The van der Waals surface area contributed by atoms with Crippen molar-refractivity contribution in [1.29, 1.82) is 0 Å². The molecule has 0 radical (unpaired) electrons. The lowest BCUT2D eigenvalue weighted by Gasteiger charge is -2.08. The van der Waals surface area contributed by atoms with Crippen molar-refractivity contribution in [2.75, 3.05) is 6.61 Å². The average Bonchev–Trinajstić information content (AvgIpc) is 2.18. The number of ether oxygens (including phenoxy) is 2. The van der Waals surface area contributed by atoms with Gasteiger partial charge in [0.05, 0.1) is 6.61 Å². The molecule has 86 valence electrons. The second-order valence-electron chi connectivity index (χ2n) is 3.09. The smallest absolute Gasteiger partial charge is 0.306 e. The van der Waals surface area contributed by atoms with Crippen LogP contribution in [0.2, 0.25) is 0 Å². The summed E-state index contributed by atoms with van der Waals surface area (Å²) in [6.45, 7) is 7.35. The highest BCUT2D eigenvalue weighted by atomic mass is 16.5. The fourth-order valence-corrected chi connectivity index (χ4v) is 0.925. The van der Waals surface area contributed by atoms with Crippen LogP contribution < -0.4 is 0 Å². The third-order valence-corrected chi connectivity index (χ3v) is 1.72. The van der Waals surface area contributed by atoms with Gasteiger partial charge in [-0.05, 0) is 20.3 Å². The first kappa shape index (κ1) is 13.7. The predicted octanol–water partition coefficient (Wildman–Crippen LogP) is 1.84. The van der Waals surface area contributed by atoms with Crippen LogP contribution in [0.1, 0.15) is 33.1 Å². The van der Waals surface area contributed by atoms with Crippen molar-refractivity contribution >= 4 is 11.9 Å². The van der Waals surface area contributed by atoms with Gasteiger partial charge >= 0.3 is 11.9 Å². The molecule has 0 saturated heterocycles. The molecule has 0 aliphatic rings. The topological polar surface area (TPSA) is 52.6 Å². The van der Waals surface area contributed by atoms with Crippen molar-refractivity contribution in [2.24, 2.45) is 0 Å². The van der Waals surface area contributed by atoms with Gasteiger partial charge in [0.2, 0.25) is 0 Å². The van der Waals surface area contributed by atoms with Gasteiger partial charge in [0, 0.05) is 12.8 Å². The monoisotopic (exact) mass is 214 g/mol. The molecule has 1 unspecified atom stereocenters. The number of carbonyl (C=O) groups excluding carboxylic acids is 2. The van der Waals surface area contributed by atoms with Crippen LogP contribution in [0.3, 0.4) is 0 Å². The maximum Gasteiger partial charge on any atom is 0.306 e. The zero-order valence-corrected chi connectivity index (χ0v) is 9.32. The first-order chi connectivity index (χ1) is 7.10. The molecule has 15 heavy (non-hydrogen) atoms. The lowest BCUT2D eigenvalue weighted by atomic mass is 10.2. The Morgan fingerprint density at radius 2 is 1.93 bits per heavy atom. The molecule has 1 atom stereocenters. The number of hydrogen-bond donors (Lipinski definition) is 0. The summed E-state index contributed by atoms with van der Waals surface area (Å²) in [5.41, 5.74) is 0. The third-order valence-electron chi connectivity index (χ3n) is 1.72. The largest absolute Gasteiger partial charge is 0.466 e. The van der Waals surface area contributed by atoms with E-state index in [1.807, 2.05) is 0 Å². The van der Waals surface area contributed by atoms with Gasteiger partial charge in [-0.3, -0.25) is 9.59 Å². The molecule has 0 heterocycles. The number of rotatable bonds is 7. The van der Waals surface area contributed by atoms with Crippen LogP contribution in [0.15, 0.2) is 12.7 Å². The van der Waals surface area contributed by atoms with Crippen LogP contribution >= 0.6 is 0 Å². The van der Waals surface area contributed by atoms with Gasteiger partial charge in [-0.15, -0.1) is 0 Å². The summed E-state index contributed by atoms with van der Waals surface area (Å²) in [4.78, 5) is 22.0. The third kappa shape index (κ3) is 7.73. The van der Waals surface area contributed by atoms with Crippen LogP contribution in [0.4, 0.5) is 0 Å². The summed E-state index contributed by atoms with van der Waals surface area (Å²) in [5, 5.41) is 0. The van der Waals surface area contributed by atoms with Crippen molar-refractivity contribution in [3.05, 3.63) is 12.7 Å². The summed E-state index contributed by atoms with van der Waals surface area (Å²) >= 11 is 0. The van der Waals surface area contributed by atoms with Gasteiger partial charge in [0.1, 0.15) is 6.10 Å². The molecule has 0 aromatic heterocycles. The molecular weight excluding hydrogens is 196 g/mol. The normalized spacial score (nSPS) is 11.6. The quantitative estimate of drug-likeness (QED) is 0.479. The van der Waals surface area contributed by atoms with Gasteiger partial charge in [-0.25, -0.2) is 0 Å². The van der Waals surface area contributed by atoms with E-state index in [1.165, 1.54) is 0 Å². The predicted molar refractivity (Wildman–Crippen MR) is 56.2 cm³/mol. The number of esters is 2. The fraction of sp³-hybridized carbons (Fsp3) is 0.636. The van der Waals surface area contributed by atoms with Crippen LogP contribution in [0, 0.1) is 0 Å². The number of carbonyl (C=O) groups is 2. The first-order valence-electron chi connectivity index (χ1n) is 5.07. The van der Waals surface area contributed by atoms with Crippen molar-refractivity contribution in [3.63, 3.8) is 0 Å². The zero-order chi connectivity index (χ0) is 11.7. The molecule has 0 aliphatic heterocycles. The first-order valence-corrected chi connectivity index (χ1v) is 5.07. The summed E-state index contributed by atoms with van der Waals surface area (Å²) in [6.07, 6.45) is 2.22. The Labute approximate surface area is 90.2 Å². The van der Waals surface area contributed by atoms with E-state index < -0.39 is 0 Å². The van der Waals surface area contributed by atoms with E-state index in [1.54, 1.807) is 19.9 Å². The standard InChI is InChI=1S/C11H18O4/c1-4-9(3)15-11(13)8-6-7-10(12)14-5-2/h4,9H,1,5-8H2,2-3H3. The molecule has 0 amide bonds. The van der Waals surface area contributed by atoms with Crippen LogP contribution in [-0.2, 0) is 19.1 Å². The second kappa shape index (κ2) is 8.03. The molecule has 0 fully saturated rings. The highest BCUT2D eigenvalue weighted by molar-refractivity contribution is 5.72. The maximum atomic E-state index is 11.1. The van der Waals surface area contributed by atoms with Gasteiger partial charge < -0.3 is 9.47 Å². The highest BCUT2D eigenvalue weighted by Crippen LogP contribution is 2.02. The van der Waals surface area contributed by atoms with Gasteiger partial charge in [0.15, 0.2) is 0 Å². The van der Waals surface area contributed by atoms with Gasteiger partial charge in [0.25, 0.3) is 0 Å². The Morgan fingerprint density at radius 1 is 1.33 bits per heavy atom. The average molecular weight is 214 g/mol. The lowest BCUT2D eigenvalue weighted by Crippen LogP contribution is -2.13. The fourth-order valence-electron chi connectivity index (χ4n) is 0.925. The number of hydrogen-bond acceptors (Lipinski definition) is 4. The molecule has 4 nitrogen and oxygen atoms in total. The molecule has 0 N–H and O–H groups in total. The Morgan fingerprint density at radius 3 is 2.47 bits per heavy atom. The van der Waals surface area contributed by atoms with E-state index in [0.29, 0.717) is 13.0 Å². The van der Waals surface area contributed by atoms with Crippen molar-refractivity contribution in [3.8, 4) is 0 Å². The minimum atomic E-state index is -0.313. The van der Waals surface area contributed by atoms with E-state index >= 15 is 0 Å². The highest BCUT2D eigenvalue weighted by Gasteiger charge is 2.08. The van der Waals surface area contributed by atoms with E-state index in [-0.39, 0.29) is 30.9 Å². The molecule has 0 aromatic rings. The molecule has 0 spiro atoms. The lowest BCUT2D eigenvalue weighted by molar-refractivity contribution is -0.147. The van der Waals surface area contributed by atoms with Crippen molar-refractivity contribution in [1.82, 2.24) is 0 Å². The molecule has 0 aromatic carbocycles. The molecule has 0 rings (SSSR count). The van der Waals surface area contributed by atoms with Crippen molar-refractivity contribution < 1.29 is 19.1 Å². The molecule has 0 bridgehead atoms. The Hall–Kier alpha value is -1.32. The van der Waals surface area contributed by atoms with E-state index in [9.17, 15) is 9.59 Å². The summed E-state index contributed by atoms with van der Waals surface area (Å²) in [7, 11) is 0. The zero-order valence-electron chi connectivity index (χ0n) is 9.32. The van der Waals surface area contributed by atoms with Crippen LogP contribution in [-0.4, -0.2) is 24.6 Å². The maximum absolute atomic E-state index is 11.1. The Kier molecular flexibility index (Phi) is 7.32. The molecule has 0 saturated carbocycles. The second-order valence-corrected chi connectivity index (χ2v) is 3.09. The molecule has 4 heteroatoms. The summed E-state index contributed by atoms with van der Waals surface area (Å²) in [6, 6.07) is 0. The van der Waals surface area contributed by atoms with Gasteiger partial charge in [-0.1, -0.05) is 12.7 Å². The van der Waals surface area contributed by atoms with E-state index in [0.717, 1.165) is 0 Å². The van der Waals surface area contributed by atoms with E-state index in [2.05, 4.69) is 6.58 Å². The Balaban J connectivity index is 3.54. The van der Waals surface area contributed by atoms with Gasteiger partial charge in [-0.2, -0.15) is 0 Å². The minimum Gasteiger partial charge on any atom is -0.466 e. The summed E-state index contributed by atoms with van der Waals surface area (Å²) in [5.74, 6) is -0.589. The Bertz CT molecular complexity index is 223. The SMILES string of the molecule is C=CC(C)OC(=O)CCCC(=O)OCC. The van der Waals surface area contributed by atoms with E-state index in [4.69, 9.17) is 9.47 Å².